The summed E-state index contributed by atoms with van der Waals surface area (Å²) in [7, 11) is 0. The lowest BCUT2D eigenvalue weighted by Gasteiger charge is -2.00. The lowest BCUT2D eigenvalue weighted by Crippen LogP contribution is -1.93. The number of non-ortho nitro benzene ring substituents is 1. The smallest absolute Gasteiger partial charge is 0.278 e. The fourth-order valence-corrected chi connectivity index (χ4v) is 1.76. The molecular weight excluding hydrogens is 228 g/mol. The van der Waals surface area contributed by atoms with E-state index in [9.17, 15) is 10.1 Å². The first-order valence-electron chi connectivity index (χ1n) is 4.71. The Morgan fingerprint density at radius 2 is 2.25 bits per heavy atom. The predicted molar refractivity (Wildman–Crippen MR) is 63.6 cm³/mol. The molecule has 0 aliphatic carbocycles. The zero-order valence-electron chi connectivity index (χ0n) is 8.34. The molecule has 16 heavy (non-hydrogen) atoms. The molecule has 2 aromatic rings. The van der Waals surface area contributed by atoms with Crippen LogP contribution in [0, 0.1) is 10.1 Å². The second-order valence-corrected chi connectivity index (χ2v) is 3.55. The third-order valence-corrected chi connectivity index (χ3v) is 2.56. The fraction of sp³-hybridized carbons (Fsp3) is 0.0909. The monoisotopic (exact) mass is 236 g/mol. The van der Waals surface area contributed by atoms with Crippen molar-refractivity contribution in [3.05, 3.63) is 52.2 Å². The molecule has 0 radical (unpaired) electrons. The van der Waals surface area contributed by atoms with Crippen LogP contribution in [0.4, 0.5) is 5.69 Å². The molecule has 0 aliphatic heterocycles. The zero-order valence-corrected chi connectivity index (χ0v) is 9.09. The zero-order chi connectivity index (χ0) is 11.5. The summed E-state index contributed by atoms with van der Waals surface area (Å²) in [5, 5.41) is 11.4. The molecule has 0 saturated carbocycles. The average Bonchev–Trinajstić information content (AvgIpc) is 2.69. The number of halogens is 1. The van der Waals surface area contributed by atoms with Crippen LogP contribution < -0.4 is 0 Å². The van der Waals surface area contributed by atoms with E-state index in [0.29, 0.717) is 11.9 Å². The Morgan fingerprint density at radius 1 is 1.44 bits per heavy atom. The van der Waals surface area contributed by atoms with Gasteiger partial charge in [0, 0.05) is 24.3 Å². The van der Waals surface area contributed by atoms with Crippen LogP contribution in [0.5, 0.6) is 0 Å². The lowest BCUT2D eigenvalue weighted by atomic mass is 10.2. The first kappa shape index (κ1) is 10.7. The van der Waals surface area contributed by atoms with Crippen LogP contribution in [0.25, 0.3) is 10.9 Å². The highest BCUT2D eigenvalue weighted by molar-refractivity contribution is 6.25. The van der Waals surface area contributed by atoms with Gasteiger partial charge in [0.15, 0.2) is 0 Å². The van der Waals surface area contributed by atoms with Gasteiger partial charge in [-0.1, -0.05) is 23.7 Å². The second kappa shape index (κ2) is 4.37. The van der Waals surface area contributed by atoms with Gasteiger partial charge in [-0.25, -0.2) is 0 Å². The molecule has 1 aromatic carbocycles. The number of nitro benzene ring substituents is 1. The molecule has 2 rings (SSSR count). The van der Waals surface area contributed by atoms with E-state index in [0.717, 1.165) is 5.52 Å². The molecule has 82 valence electrons. The van der Waals surface area contributed by atoms with E-state index in [4.69, 9.17) is 11.6 Å². The van der Waals surface area contributed by atoms with Crippen LogP contribution in [0.3, 0.4) is 0 Å². The van der Waals surface area contributed by atoms with Crippen molar-refractivity contribution in [3.63, 3.8) is 0 Å². The number of hydrogen-bond acceptors (Lipinski definition) is 2. The standard InChI is InChI=1S/C11H9ClN2O2/c12-6-2-7-13-8-5-9-10(13)3-1-4-11(9)14(15)16/h1-6,8H,7H2/b6-2+. The first-order chi connectivity index (χ1) is 7.74. The van der Waals surface area contributed by atoms with E-state index in [1.165, 1.54) is 11.6 Å². The van der Waals surface area contributed by atoms with E-state index in [-0.39, 0.29) is 10.6 Å². The number of allylic oxidation sites excluding steroid dienone is 1. The molecule has 0 fully saturated rings. The van der Waals surface area contributed by atoms with Crippen molar-refractivity contribution in [2.24, 2.45) is 0 Å². The van der Waals surface area contributed by atoms with E-state index >= 15 is 0 Å². The van der Waals surface area contributed by atoms with Gasteiger partial charge in [0.2, 0.25) is 0 Å². The molecular formula is C11H9ClN2O2. The molecule has 0 saturated heterocycles. The highest BCUT2D eigenvalue weighted by Crippen LogP contribution is 2.26. The number of benzene rings is 1. The Labute approximate surface area is 96.9 Å². The third-order valence-electron chi connectivity index (χ3n) is 2.38. The number of aromatic nitrogens is 1. The van der Waals surface area contributed by atoms with Crippen molar-refractivity contribution in [2.45, 2.75) is 6.54 Å². The Balaban J connectivity index is 2.56. The SMILES string of the molecule is O=[N+]([O-])c1cccc2c1ccn2C/C=C/Cl. The van der Waals surface area contributed by atoms with Crippen molar-refractivity contribution in [1.82, 2.24) is 4.57 Å². The normalized spacial score (nSPS) is 11.3. The van der Waals surface area contributed by atoms with E-state index < -0.39 is 0 Å². The molecule has 0 unspecified atom stereocenters. The molecule has 0 N–H and O–H groups in total. The summed E-state index contributed by atoms with van der Waals surface area (Å²) in [5.41, 5.74) is 2.40. The topological polar surface area (TPSA) is 48.1 Å². The van der Waals surface area contributed by atoms with Crippen LogP contribution in [0.1, 0.15) is 0 Å². The van der Waals surface area contributed by atoms with E-state index in [2.05, 4.69) is 0 Å². The van der Waals surface area contributed by atoms with Crippen molar-refractivity contribution >= 4 is 28.2 Å². The van der Waals surface area contributed by atoms with E-state index in [1.807, 2.05) is 16.8 Å². The minimum absolute atomic E-state index is 0.131. The Hall–Kier alpha value is -1.81. The third kappa shape index (κ3) is 1.79. The molecule has 0 bridgehead atoms. The molecule has 0 spiro atoms. The van der Waals surface area contributed by atoms with Crippen LogP contribution in [0.15, 0.2) is 42.1 Å². The van der Waals surface area contributed by atoms with Crippen LogP contribution in [-0.2, 0) is 6.54 Å². The minimum Gasteiger partial charge on any atom is -0.343 e. The molecule has 0 amide bonds. The number of rotatable bonds is 3. The highest BCUT2D eigenvalue weighted by Gasteiger charge is 2.12. The molecule has 1 aromatic heterocycles. The van der Waals surface area contributed by atoms with Gasteiger partial charge in [0.1, 0.15) is 0 Å². The van der Waals surface area contributed by atoms with E-state index in [1.54, 1.807) is 18.2 Å². The highest BCUT2D eigenvalue weighted by atomic mass is 35.5. The predicted octanol–water partition coefficient (Wildman–Crippen LogP) is 3.30. The number of nitrogens with zero attached hydrogens (tertiary/aromatic N) is 2. The largest absolute Gasteiger partial charge is 0.343 e. The quantitative estimate of drug-likeness (QED) is 0.606. The molecule has 1 heterocycles. The maximum absolute atomic E-state index is 10.8. The van der Waals surface area contributed by atoms with Gasteiger partial charge in [-0.05, 0) is 12.1 Å². The van der Waals surface area contributed by atoms with Crippen molar-refractivity contribution in [3.8, 4) is 0 Å². The van der Waals surface area contributed by atoms with Gasteiger partial charge in [-0.2, -0.15) is 0 Å². The Morgan fingerprint density at radius 3 is 2.94 bits per heavy atom. The summed E-state index contributed by atoms with van der Waals surface area (Å²) >= 11 is 5.45. The summed E-state index contributed by atoms with van der Waals surface area (Å²) in [5.74, 6) is 0. The van der Waals surface area contributed by atoms with Crippen molar-refractivity contribution in [2.75, 3.05) is 0 Å². The van der Waals surface area contributed by atoms with Gasteiger partial charge < -0.3 is 4.57 Å². The fourth-order valence-electron chi connectivity index (χ4n) is 1.68. The summed E-state index contributed by atoms with van der Waals surface area (Å²) in [6.45, 7) is 0.605. The number of fused-ring (bicyclic) bond motifs is 1. The van der Waals surface area contributed by atoms with Crippen molar-refractivity contribution in [1.29, 1.82) is 0 Å². The molecule has 4 nitrogen and oxygen atoms in total. The van der Waals surface area contributed by atoms with Gasteiger partial charge in [0.25, 0.3) is 5.69 Å². The molecule has 0 atom stereocenters. The van der Waals surface area contributed by atoms with Gasteiger partial charge in [-0.15, -0.1) is 0 Å². The van der Waals surface area contributed by atoms with Gasteiger partial charge in [-0.3, -0.25) is 10.1 Å². The lowest BCUT2D eigenvalue weighted by molar-refractivity contribution is -0.383. The van der Waals surface area contributed by atoms with Gasteiger partial charge in [0.05, 0.1) is 15.8 Å². The Kier molecular flexibility index (Phi) is 2.92. The van der Waals surface area contributed by atoms with Crippen LogP contribution >= 0.6 is 11.6 Å². The minimum atomic E-state index is -0.371. The Bertz CT molecular complexity index is 560. The molecule has 5 heteroatoms. The molecule has 0 aliphatic rings. The first-order valence-corrected chi connectivity index (χ1v) is 5.15. The van der Waals surface area contributed by atoms with Gasteiger partial charge >= 0.3 is 0 Å². The second-order valence-electron chi connectivity index (χ2n) is 3.30. The summed E-state index contributed by atoms with van der Waals surface area (Å²) in [6.07, 6.45) is 3.59. The maximum Gasteiger partial charge on any atom is 0.278 e. The summed E-state index contributed by atoms with van der Waals surface area (Å²) in [4.78, 5) is 10.4. The number of nitro groups is 1. The number of hydrogen-bond donors (Lipinski definition) is 0. The average molecular weight is 237 g/mol. The maximum atomic E-state index is 10.8. The van der Waals surface area contributed by atoms with Crippen molar-refractivity contribution < 1.29 is 4.92 Å². The summed E-state index contributed by atoms with van der Waals surface area (Å²) in [6, 6.07) is 6.78. The summed E-state index contributed by atoms with van der Waals surface area (Å²) < 4.78 is 1.90. The van der Waals surface area contributed by atoms with Crippen LogP contribution in [-0.4, -0.2) is 9.49 Å². The van der Waals surface area contributed by atoms with Crippen LogP contribution in [0.2, 0.25) is 0 Å².